The maximum atomic E-state index is 13.3. The molecule has 0 spiro atoms. The summed E-state index contributed by atoms with van der Waals surface area (Å²) in [5.74, 6) is -0.0298. The van der Waals surface area contributed by atoms with Crippen LogP contribution in [0.2, 0.25) is 0 Å². The van der Waals surface area contributed by atoms with E-state index < -0.39 is 22.3 Å². The van der Waals surface area contributed by atoms with Gasteiger partial charge >= 0.3 is 5.97 Å². The predicted molar refractivity (Wildman–Crippen MR) is 162 cm³/mol. The predicted octanol–water partition coefficient (Wildman–Crippen LogP) is 8.45. The number of hydrogen-bond acceptors (Lipinski definition) is 5. The van der Waals surface area contributed by atoms with Crippen molar-refractivity contribution in [3.63, 3.8) is 0 Å². The third-order valence-electron chi connectivity index (χ3n) is 11.9. The van der Waals surface area contributed by atoms with E-state index in [0.29, 0.717) is 6.42 Å². The Bertz CT molecular complexity index is 1010. The largest absolute Gasteiger partial charge is 0.469 e. The second kappa shape index (κ2) is 11.9. The van der Waals surface area contributed by atoms with Crippen molar-refractivity contribution in [3.05, 3.63) is 11.6 Å². The fourth-order valence-electron chi connectivity index (χ4n) is 8.69. The highest BCUT2D eigenvalue weighted by atomic mass is 16.5. The average Bonchev–Trinajstić information content (AvgIpc) is 2.85. The molecule has 0 unspecified atom stereocenters. The number of aliphatic hydroxyl groups is 1. The molecule has 0 bridgehead atoms. The van der Waals surface area contributed by atoms with Crippen LogP contribution in [-0.2, 0) is 14.3 Å². The minimum absolute atomic E-state index is 0.0593. The molecule has 40 heavy (non-hydrogen) atoms. The first-order valence-corrected chi connectivity index (χ1v) is 15.6. The first-order chi connectivity index (χ1) is 18.2. The van der Waals surface area contributed by atoms with E-state index in [4.69, 9.17) is 4.74 Å². The normalized spacial score (nSPS) is 30.9. The minimum atomic E-state index is -0.633. The summed E-state index contributed by atoms with van der Waals surface area (Å²) >= 11 is 0. The van der Waals surface area contributed by atoms with Gasteiger partial charge in [-0.3, -0.25) is 9.59 Å². The highest BCUT2D eigenvalue weighted by Crippen LogP contribution is 2.68. The lowest BCUT2D eigenvalue weighted by Gasteiger charge is -2.64. The van der Waals surface area contributed by atoms with Gasteiger partial charge in [0.05, 0.1) is 24.2 Å². The zero-order valence-electron chi connectivity index (χ0n) is 27.8. The second-order valence-corrected chi connectivity index (χ2v) is 16.1. The summed E-state index contributed by atoms with van der Waals surface area (Å²) in [6.45, 7) is 23.9. The molecule has 2 aliphatic carbocycles. The van der Waals surface area contributed by atoms with Gasteiger partial charge in [-0.2, -0.15) is 5.26 Å². The van der Waals surface area contributed by atoms with Gasteiger partial charge in [0, 0.05) is 5.41 Å². The van der Waals surface area contributed by atoms with Crippen molar-refractivity contribution < 1.29 is 19.4 Å². The van der Waals surface area contributed by atoms with Crippen LogP contribution in [-0.4, -0.2) is 30.1 Å². The first kappa shape index (κ1) is 34.5. The second-order valence-electron chi connectivity index (χ2n) is 16.1. The third kappa shape index (κ3) is 6.38. The summed E-state index contributed by atoms with van der Waals surface area (Å²) in [7, 11) is 1.50. The molecule has 1 fully saturated rings. The van der Waals surface area contributed by atoms with Crippen LogP contribution in [0.25, 0.3) is 0 Å². The van der Waals surface area contributed by atoms with Crippen LogP contribution in [0.15, 0.2) is 11.6 Å². The number of allylic oxidation sites excluding steroid dienone is 2. The summed E-state index contributed by atoms with van der Waals surface area (Å²) in [5, 5.41) is 20.7. The van der Waals surface area contributed by atoms with Crippen LogP contribution in [0.4, 0.5) is 0 Å². The molecule has 0 aromatic heterocycles. The van der Waals surface area contributed by atoms with Gasteiger partial charge in [-0.25, -0.2) is 0 Å². The highest BCUT2D eigenvalue weighted by Gasteiger charge is 2.63. The fourth-order valence-corrected chi connectivity index (χ4v) is 8.69. The number of ketones is 1. The molecule has 0 aliphatic heterocycles. The molecule has 2 rings (SSSR count). The number of nitriles is 1. The zero-order valence-corrected chi connectivity index (χ0v) is 27.8. The number of esters is 1. The van der Waals surface area contributed by atoms with Crippen molar-refractivity contribution in [2.45, 2.75) is 140 Å². The van der Waals surface area contributed by atoms with Gasteiger partial charge in [0.1, 0.15) is 6.07 Å². The molecule has 1 saturated carbocycles. The Balaban J connectivity index is 2.50. The first-order valence-electron chi connectivity index (χ1n) is 15.6. The van der Waals surface area contributed by atoms with Crippen molar-refractivity contribution in [1.82, 2.24) is 0 Å². The van der Waals surface area contributed by atoms with Crippen LogP contribution >= 0.6 is 0 Å². The molecule has 5 nitrogen and oxygen atoms in total. The fraction of sp³-hybridized carbons (Fsp3) is 0.857. The molecule has 0 heterocycles. The number of carbonyl (C=O) groups is 2. The monoisotopic (exact) mass is 557 g/mol. The van der Waals surface area contributed by atoms with Crippen molar-refractivity contribution in [2.75, 3.05) is 7.11 Å². The standard InChI is InChI=1S/C35H59NO4/c1-13-15-30(3,4)17-19-33(9,29(39)40-12)20-18-31(5,6)35(11)16-14-26-32(7,8)28(38)25(23-36)22-34(26,10)27(35)21-24(2)37/h22,24,26-27,37H,13-21H2,1-12H3/t24-,26+,27-,33+,34+,35-/m1/s1. The van der Waals surface area contributed by atoms with E-state index in [2.05, 4.69) is 61.5 Å². The smallest absolute Gasteiger partial charge is 0.311 e. The van der Waals surface area contributed by atoms with Gasteiger partial charge in [-0.05, 0) is 98.7 Å². The van der Waals surface area contributed by atoms with Gasteiger partial charge in [0.15, 0.2) is 5.78 Å². The van der Waals surface area contributed by atoms with E-state index >= 15 is 0 Å². The Morgan fingerprint density at radius 1 is 1.10 bits per heavy atom. The van der Waals surface area contributed by atoms with E-state index in [9.17, 15) is 20.0 Å². The Morgan fingerprint density at radius 3 is 2.17 bits per heavy atom. The van der Waals surface area contributed by atoms with Crippen molar-refractivity contribution >= 4 is 11.8 Å². The zero-order chi connectivity index (χ0) is 30.9. The molecule has 0 amide bonds. The summed E-state index contributed by atoms with van der Waals surface area (Å²) in [6, 6.07) is 2.20. The molecule has 0 radical (unpaired) electrons. The molecular weight excluding hydrogens is 498 g/mol. The van der Waals surface area contributed by atoms with Gasteiger partial charge in [0.2, 0.25) is 0 Å². The van der Waals surface area contributed by atoms with E-state index in [0.717, 1.165) is 51.4 Å². The van der Waals surface area contributed by atoms with Gasteiger partial charge < -0.3 is 9.84 Å². The number of rotatable bonds is 12. The molecule has 6 atom stereocenters. The Morgan fingerprint density at radius 2 is 1.68 bits per heavy atom. The van der Waals surface area contributed by atoms with Crippen molar-refractivity contribution in [1.29, 1.82) is 5.26 Å². The third-order valence-corrected chi connectivity index (χ3v) is 11.9. The van der Waals surface area contributed by atoms with Crippen molar-refractivity contribution in [3.8, 4) is 6.07 Å². The minimum Gasteiger partial charge on any atom is -0.469 e. The molecule has 0 aromatic rings. The van der Waals surface area contributed by atoms with Crippen LogP contribution in [0.1, 0.15) is 134 Å². The Hall–Kier alpha value is -1.67. The lowest BCUT2D eigenvalue weighted by molar-refractivity contribution is -0.160. The summed E-state index contributed by atoms with van der Waals surface area (Å²) < 4.78 is 5.35. The molecule has 228 valence electrons. The van der Waals surface area contributed by atoms with Crippen LogP contribution in [0, 0.1) is 55.7 Å². The van der Waals surface area contributed by atoms with E-state index in [1.165, 1.54) is 7.11 Å². The van der Waals surface area contributed by atoms with Crippen LogP contribution < -0.4 is 0 Å². The molecule has 0 saturated heterocycles. The number of hydrogen-bond donors (Lipinski definition) is 1. The average molecular weight is 558 g/mol. The summed E-state index contributed by atoms with van der Waals surface area (Å²) in [6.07, 6.45) is 9.48. The number of methoxy groups -OCH3 is 1. The maximum Gasteiger partial charge on any atom is 0.311 e. The summed E-state index contributed by atoms with van der Waals surface area (Å²) in [4.78, 5) is 26.4. The van der Waals surface area contributed by atoms with Gasteiger partial charge in [-0.1, -0.05) is 74.8 Å². The Labute approximate surface area is 245 Å². The molecule has 2 aliphatic rings. The quantitative estimate of drug-likeness (QED) is 0.243. The number of aliphatic hydroxyl groups excluding tert-OH is 1. The number of nitrogens with zero attached hydrogens (tertiary/aromatic N) is 1. The van der Waals surface area contributed by atoms with E-state index in [1.54, 1.807) is 0 Å². The summed E-state index contributed by atoms with van der Waals surface area (Å²) in [5.41, 5.74) is -1.51. The molecule has 0 aromatic carbocycles. The topological polar surface area (TPSA) is 87.4 Å². The Kier molecular flexibility index (Phi) is 10.3. The van der Waals surface area contributed by atoms with E-state index in [1.807, 2.05) is 26.8 Å². The highest BCUT2D eigenvalue weighted by molar-refractivity contribution is 6.04. The molecule has 5 heteroatoms. The maximum absolute atomic E-state index is 13.3. The molecule has 1 N–H and O–H groups in total. The molecular formula is C35H59NO4. The number of fused-ring (bicyclic) bond motifs is 1. The number of Topliss-reactive ketones (excluding diaryl/α,β-unsaturated/α-hetero) is 1. The number of ether oxygens (including phenoxy) is 1. The SMILES string of the molecule is CCCC(C)(C)CC[C@@](C)(CCC(C)(C)[C@]1(C)CC[C@H]2C(C)(C)C(=O)C(C#N)=C[C@]2(C)[C@H]1C[C@@H](C)O)C(=O)OC. The van der Waals surface area contributed by atoms with Crippen LogP contribution in [0.5, 0.6) is 0 Å². The van der Waals surface area contributed by atoms with Crippen molar-refractivity contribution in [2.24, 2.45) is 44.3 Å². The van der Waals surface area contributed by atoms with E-state index in [-0.39, 0.29) is 45.4 Å². The van der Waals surface area contributed by atoms with Crippen LogP contribution in [0.3, 0.4) is 0 Å². The number of carbonyl (C=O) groups excluding carboxylic acids is 2. The van der Waals surface area contributed by atoms with Gasteiger partial charge in [-0.15, -0.1) is 0 Å². The van der Waals surface area contributed by atoms with Gasteiger partial charge in [0.25, 0.3) is 0 Å². The lowest BCUT2D eigenvalue weighted by atomic mass is 9.39. The lowest BCUT2D eigenvalue weighted by Crippen LogP contribution is -2.60.